The van der Waals surface area contributed by atoms with Gasteiger partial charge in [0, 0.05) is 12.0 Å². The summed E-state index contributed by atoms with van der Waals surface area (Å²) in [6.45, 7) is 4.93. The molecule has 2 N–H and O–H groups in total. The number of carbonyl (C=O) groups is 3. The number of hydrogen-bond donors (Lipinski definition) is 2. The standard InChI is InChI=1S/C16H19ClFNO5/c1-16(2,3)24-15(23)19-12(14(21)22)6-7-13(20)9-4-5-11(18)10(17)8-9/h4-5,8,12H,6-7H2,1-3H3,(H,19,23)(H,21,22). The predicted octanol–water partition coefficient (Wildman–Crippen LogP) is 3.42. The van der Waals surface area contributed by atoms with Gasteiger partial charge in [-0.3, -0.25) is 4.79 Å². The van der Waals surface area contributed by atoms with Gasteiger partial charge >= 0.3 is 12.1 Å². The van der Waals surface area contributed by atoms with Crippen LogP contribution in [0.25, 0.3) is 0 Å². The monoisotopic (exact) mass is 359 g/mol. The van der Waals surface area contributed by atoms with Gasteiger partial charge in [0.05, 0.1) is 5.02 Å². The molecule has 0 aliphatic heterocycles. The Labute approximate surface area is 143 Å². The highest BCUT2D eigenvalue weighted by molar-refractivity contribution is 6.31. The molecule has 0 saturated carbocycles. The molecular weight excluding hydrogens is 341 g/mol. The summed E-state index contributed by atoms with van der Waals surface area (Å²) in [6.07, 6.45) is -1.18. The van der Waals surface area contributed by atoms with Crippen LogP contribution in [0.1, 0.15) is 44.0 Å². The number of aliphatic carboxylic acids is 1. The third kappa shape index (κ3) is 6.54. The van der Waals surface area contributed by atoms with E-state index in [1.165, 1.54) is 12.1 Å². The number of alkyl carbamates (subject to hydrolysis) is 1. The maximum absolute atomic E-state index is 13.1. The second-order valence-electron chi connectivity index (χ2n) is 6.13. The van der Waals surface area contributed by atoms with Gasteiger partial charge in [-0.2, -0.15) is 0 Å². The average molecular weight is 360 g/mol. The second-order valence-corrected chi connectivity index (χ2v) is 6.53. The Bertz CT molecular complexity index is 642. The van der Waals surface area contributed by atoms with Gasteiger partial charge in [0.1, 0.15) is 17.5 Å². The van der Waals surface area contributed by atoms with Crippen molar-refractivity contribution in [2.45, 2.75) is 45.3 Å². The number of halogens is 2. The molecule has 1 atom stereocenters. The van der Waals surface area contributed by atoms with E-state index in [4.69, 9.17) is 21.4 Å². The topological polar surface area (TPSA) is 92.7 Å². The highest BCUT2D eigenvalue weighted by Crippen LogP contribution is 2.18. The van der Waals surface area contributed by atoms with E-state index < -0.39 is 35.3 Å². The van der Waals surface area contributed by atoms with Crippen LogP contribution in [0.5, 0.6) is 0 Å². The normalized spacial score (nSPS) is 12.4. The zero-order valence-corrected chi connectivity index (χ0v) is 14.3. The van der Waals surface area contributed by atoms with Crippen molar-refractivity contribution >= 4 is 29.4 Å². The number of Topliss-reactive ketones (excluding diaryl/α,β-unsaturated/α-hetero) is 1. The van der Waals surface area contributed by atoms with Crippen molar-refractivity contribution in [3.8, 4) is 0 Å². The molecule has 1 rings (SSSR count). The lowest BCUT2D eigenvalue weighted by Crippen LogP contribution is -2.43. The minimum absolute atomic E-state index is 0.137. The summed E-state index contributed by atoms with van der Waals surface area (Å²) >= 11 is 5.61. The fourth-order valence-corrected chi connectivity index (χ4v) is 1.98. The first-order valence-electron chi connectivity index (χ1n) is 7.20. The Morgan fingerprint density at radius 2 is 1.96 bits per heavy atom. The quantitative estimate of drug-likeness (QED) is 0.759. The van der Waals surface area contributed by atoms with Gasteiger partial charge in [0.2, 0.25) is 0 Å². The Hall–Kier alpha value is -2.15. The maximum atomic E-state index is 13.1. The number of nitrogens with one attached hydrogen (secondary N) is 1. The van der Waals surface area contributed by atoms with Crippen LogP contribution in [0.3, 0.4) is 0 Å². The number of benzene rings is 1. The molecule has 1 aromatic carbocycles. The highest BCUT2D eigenvalue weighted by atomic mass is 35.5. The number of amides is 1. The molecule has 0 heterocycles. The zero-order valence-electron chi connectivity index (χ0n) is 13.6. The summed E-state index contributed by atoms with van der Waals surface area (Å²) in [5.41, 5.74) is -0.601. The van der Waals surface area contributed by atoms with E-state index in [1.807, 2.05) is 0 Å². The van der Waals surface area contributed by atoms with Crippen LogP contribution in [-0.2, 0) is 9.53 Å². The van der Waals surface area contributed by atoms with Gasteiger partial charge < -0.3 is 15.2 Å². The highest BCUT2D eigenvalue weighted by Gasteiger charge is 2.24. The average Bonchev–Trinajstić information content (AvgIpc) is 2.43. The molecule has 0 radical (unpaired) electrons. The van der Waals surface area contributed by atoms with E-state index in [0.717, 1.165) is 6.07 Å². The van der Waals surface area contributed by atoms with Crippen molar-refractivity contribution < 1.29 is 28.6 Å². The van der Waals surface area contributed by atoms with E-state index in [0.29, 0.717) is 0 Å². The summed E-state index contributed by atoms with van der Waals surface area (Å²) in [5.74, 6) is -2.34. The number of carboxylic acid groups (broad SMARTS) is 1. The minimum atomic E-state index is -1.29. The first-order valence-corrected chi connectivity index (χ1v) is 7.58. The molecule has 0 saturated heterocycles. The summed E-state index contributed by atoms with van der Waals surface area (Å²) in [6, 6.07) is 2.22. The second kappa shape index (κ2) is 8.10. The lowest BCUT2D eigenvalue weighted by molar-refractivity contribution is -0.139. The molecular formula is C16H19ClFNO5. The molecule has 0 spiro atoms. The lowest BCUT2D eigenvalue weighted by atomic mass is 10.0. The zero-order chi connectivity index (χ0) is 18.5. The molecule has 1 amide bonds. The maximum Gasteiger partial charge on any atom is 0.408 e. The number of ketones is 1. The van der Waals surface area contributed by atoms with E-state index in [9.17, 15) is 18.8 Å². The van der Waals surface area contributed by atoms with Crippen LogP contribution < -0.4 is 5.32 Å². The van der Waals surface area contributed by atoms with Crippen molar-refractivity contribution in [3.63, 3.8) is 0 Å². The van der Waals surface area contributed by atoms with E-state index in [2.05, 4.69) is 5.32 Å². The number of ether oxygens (including phenoxy) is 1. The SMILES string of the molecule is CC(C)(C)OC(=O)NC(CCC(=O)c1ccc(F)c(Cl)c1)C(=O)O. The van der Waals surface area contributed by atoms with Gasteiger partial charge in [-0.15, -0.1) is 0 Å². The van der Waals surface area contributed by atoms with Crippen LogP contribution >= 0.6 is 11.6 Å². The Balaban J connectivity index is 2.66. The van der Waals surface area contributed by atoms with Crippen LogP contribution in [0.4, 0.5) is 9.18 Å². The Morgan fingerprint density at radius 1 is 1.33 bits per heavy atom. The number of hydrogen-bond acceptors (Lipinski definition) is 4. The summed E-state index contributed by atoms with van der Waals surface area (Å²) in [4.78, 5) is 34.9. The number of carboxylic acids is 1. The van der Waals surface area contributed by atoms with Gasteiger partial charge in [0.15, 0.2) is 5.78 Å². The lowest BCUT2D eigenvalue weighted by Gasteiger charge is -2.21. The molecule has 0 aliphatic carbocycles. The van der Waals surface area contributed by atoms with Crippen molar-refractivity contribution in [1.82, 2.24) is 5.32 Å². The largest absolute Gasteiger partial charge is 0.480 e. The van der Waals surface area contributed by atoms with Crippen LogP contribution in [0.2, 0.25) is 5.02 Å². The van der Waals surface area contributed by atoms with Gasteiger partial charge in [-0.05, 0) is 45.4 Å². The summed E-state index contributed by atoms with van der Waals surface area (Å²) < 4.78 is 18.1. The third-order valence-electron chi connectivity index (χ3n) is 2.89. The van der Waals surface area contributed by atoms with E-state index >= 15 is 0 Å². The van der Waals surface area contributed by atoms with Gasteiger partial charge in [-0.1, -0.05) is 11.6 Å². The predicted molar refractivity (Wildman–Crippen MR) is 85.8 cm³/mol. The fraction of sp³-hybridized carbons (Fsp3) is 0.438. The van der Waals surface area contributed by atoms with Gasteiger partial charge in [0.25, 0.3) is 0 Å². The molecule has 24 heavy (non-hydrogen) atoms. The molecule has 1 aromatic rings. The molecule has 6 nitrogen and oxygen atoms in total. The molecule has 0 fully saturated rings. The molecule has 0 aliphatic rings. The number of carbonyl (C=O) groups excluding carboxylic acids is 2. The Kier molecular flexibility index (Phi) is 6.71. The summed E-state index contributed by atoms with van der Waals surface area (Å²) in [7, 11) is 0. The molecule has 0 bridgehead atoms. The van der Waals surface area contributed by atoms with Crippen molar-refractivity contribution in [2.24, 2.45) is 0 Å². The van der Waals surface area contributed by atoms with Crippen molar-refractivity contribution in [1.29, 1.82) is 0 Å². The molecule has 0 aromatic heterocycles. The van der Waals surface area contributed by atoms with Crippen LogP contribution in [-0.4, -0.2) is 34.6 Å². The van der Waals surface area contributed by atoms with Crippen LogP contribution in [0, 0.1) is 5.82 Å². The van der Waals surface area contributed by atoms with Crippen molar-refractivity contribution in [2.75, 3.05) is 0 Å². The van der Waals surface area contributed by atoms with Gasteiger partial charge in [-0.25, -0.2) is 14.0 Å². The summed E-state index contributed by atoms with van der Waals surface area (Å²) in [5, 5.41) is 11.1. The van der Waals surface area contributed by atoms with E-state index in [-0.39, 0.29) is 23.4 Å². The molecule has 1 unspecified atom stereocenters. The fourth-order valence-electron chi connectivity index (χ4n) is 1.80. The number of rotatable bonds is 6. The molecule has 132 valence electrons. The third-order valence-corrected chi connectivity index (χ3v) is 3.18. The van der Waals surface area contributed by atoms with Crippen molar-refractivity contribution in [3.05, 3.63) is 34.6 Å². The first-order chi connectivity index (χ1) is 11.0. The Morgan fingerprint density at radius 3 is 2.46 bits per heavy atom. The van der Waals surface area contributed by atoms with Crippen LogP contribution in [0.15, 0.2) is 18.2 Å². The smallest absolute Gasteiger partial charge is 0.408 e. The minimum Gasteiger partial charge on any atom is -0.480 e. The first kappa shape index (κ1) is 19.9. The molecule has 8 heteroatoms. The van der Waals surface area contributed by atoms with E-state index in [1.54, 1.807) is 20.8 Å².